The summed E-state index contributed by atoms with van der Waals surface area (Å²) in [6, 6.07) is 7.94. The third-order valence-corrected chi connectivity index (χ3v) is 2.50. The van der Waals surface area contributed by atoms with E-state index >= 15 is 0 Å². The van der Waals surface area contributed by atoms with Crippen molar-refractivity contribution in [2.45, 2.75) is 6.54 Å². The van der Waals surface area contributed by atoms with E-state index < -0.39 is 5.56 Å². The maximum absolute atomic E-state index is 11.7. The SMILES string of the molecule is COc1ccc(-n2nc(CN)c(O)cc2=O)cc1. The number of hydrogen-bond donors (Lipinski definition) is 2. The maximum Gasteiger partial charge on any atom is 0.275 e. The molecule has 1 heterocycles. The van der Waals surface area contributed by atoms with Crippen molar-refractivity contribution in [2.75, 3.05) is 7.11 Å². The number of hydrogen-bond acceptors (Lipinski definition) is 5. The first kappa shape index (κ1) is 12.1. The van der Waals surface area contributed by atoms with Gasteiger partial charge in [-0.3, -0.25) is 4.79 Å². The fourth-order valence-electron chi connectivity index (χ4n) is 1.54. The van der Waals surface area contributed by atoms with Crippen molar-refractivity contribution < 1.29 is 9.84 Å². The first-order valence-electron chi connectivity index (χ1n) is 5.32. The van der Waals surface area contributed by atoms with Crippen LogP contribution in [0.5, 0.6) is 11.5 Å². The molecule has 0 saturated carbocycles. The average molecular weight is 247 g/mol. The molecule has 2 rings (SSSR count). The molecule has 6 nitrogen and oxygen atoms in total. The lowest BCUT2D eigenvalue weighted by Gasteiger charge is -2.08. The molecule has 3 N–H and O–H groups in total. The largest absolute Gasteiger partial charge is 0.506 e. The van der Waals surface area contributed by atoms with Gasteiger partial charge in [0, 0.05) is 12.6 Å². The van der Waals surface area contributed by atoms with Crippen LogP contribution in [0, 0.1) is 0 Å². The second-order valence-corrected chi connectivity index (χ2v) is 3.63. The summed E-state index contributed by atoms with van der Waals surface area (Å²) in [5, 5.41) is 13.5. The van der Waals surface area contributed by atoms with E-state index in [2.05, 4.69) is 5.10 Å². The Morgan fingerprint density at radius 2 is 2.06 bits per heavy atom. The van der Waals surface area contributed by atoms with Crippen molar-refractivity contribution >= 4 is 0 Å². The fourth-order valence-corrected chi connectivity index (χ4v) is 1.54. The van der Waals surface area contributed by atoms with Crippen LogP contribution in [0.1, 0.15) is 5.69 Å². The zero-order valence-corrected chi connectivity index (χ0v) is 9.83. The first-order chi connectivity index (χ1) is 8.65. The highest BCUT2D eigenvalue weighted by Crippen LogP contribution is 2.15. The molecule has 0 amide bonds. The van der Waals surface area contributed by atoms with Crippen LogP contribution in [0.15, 0.2) is 35.1 Å². The monoisotopic (exact) mass is 247 g/mol. The van der Waals surface area contributed by atoms with Crippen LogP contribution in [0.2, 0.25) is 0 Å². The molecule has 1 aromatic heterocycles. The summed E-state index contributed by atoms with van der Waals surface area (Å²) in [4.78, 5) is 11.7. The Bertz CT molecular complexity index is 605. The van der Waals surface area contributed by atoms with Gasteiger partial charge < -0.3 is 15.6 Å². The molecular weight excluding hydrogens is 234 g/mol. The highest BCUT2D eigenvalue weighted by atomic mass is 16.5. The van der Waals surface area contributed by atoms with Gasteiger partial charge >= 0.3 is 0 Å². The Morgan fingerprint density at radius 3 is 2.61 bits per heavy atom. The molecule has 18 heavy (non-hydrogen) atoms. The highest BCUT2D eigenvalue weighted by molar-refractivity contribution is 5.37. The molecule has 0 bridgehead atoms. The van der Waals surface area contributed by atoms with E-state index in [1.54, 1.807) is 31.4 Å². The van der Waals surface area contributed by atoms with Gasteiger partial charge in [0.25, 0.3) is 5.56 Å². The molecule has 0 aliphatic rings. The van der Waals surface area contributed by atoms with E-state index in [4.69, 9.17) is 10.5 Å². The van der Waals surface area contributed by atoms with Gasteiger partial charge in [0.05, 0.1) is 12.8 Å². The molecule has 0 saturated heterocycles. The Kier molecular flexibility index (Phi) is 3.29. The highest BCUT2D eigenvalue weighted by Gasteiger charge is 2.08. The van der Waals surface area contributed by atoms with Gasteiger partial charge in [-0.05, 0) is 24.3 Å². The summed E-state index contributed by atoms with van der Waals surface area (Å²) in [6.07, 6.45) is 0. The van der Waals surface area contributed by atoms with Crippen molar-refractivity contribution in [1.29, 1.82) is 0 Å². The lowest BCUT2D eigenvalue weighted by Crippen LogP contribution is -2.22. The molecule has 0 aliphatic heterocycles. The normalized spacial score (nSPS) is 10.3. The Balaban J connectivity index is 2.52. The van der Waals surface area contributed by atoms with Crippen molar-refractivity contribution in [1.82, 2.24) is 9.78 Å². The standard InChI is InChI=1S/C12H13N3O3/c1-18-9-4-2-8(3-5-9)15-12(17)6-11(16)10(7-13)14-15/h2-6,16H,7,13H2,1H3. The van der Waals surface area contributed by atoms with Crippen LogP contribution in [0.4, 0.5) is 0 Å². The van der Waals surface area contributed by atoms with Gasteiger partial charge in [-0.1, -0.05) is 0 Å². The lowest BCUT2D eigenvalue weighted by molar-refractivity contribution is 0.414. The summed E-state index contributed by atoms with van der Waals surface area (Å²) in [7, 11) is 1.56. The second kappa shape index (κ2) is 4.89. The van der Waals surface area contributed by atoms with Crippen molar-refractivity contribution in [2.24, 2.45) is 5.73 Å². The number of nitrogens with zero attached hydrogens (tertiary/aromatic N) is 2. The maximum atomic E-state index is 11.7. The minimum atomic E-state index is -0.421. The van der Waals surface area contributed by atoms with Gasteiger partial charge in [-0.25, -0.2) is 0 Å². The van der Waals surface area contributed by atoms with Gasteiger partial charge in [-0.2, -0.15) is 9.78 Å². The Labute approximate surface area is 103 Å². The van der Waals surface area contributed by atoms with Crippen molar-refractivity contribution in [3.8, 4) is 17.2 Å². The molecule has 0 atom stereocenters. The zero-order chi connectivity index (χ0) is 13.1. The van der Waals surface area contributed by atoms with Crippen LogP contribution in [-0.4, -0.2) is 22.0 Å². The molecule has 2 aromatic rings. The number of rotatable bonds is 3. The summed E-state index contributed by atoms with van der Waals surface area (Å²) in [6.45, 7) is 0.0578. The van der Waals surface area contributed by atoms with Gasteiger partial charge in [-0.15, -0.1) is 0 Å². The number of nitrogens with two attached hydrogens (primary N) is 1. The molecule has 94 valence electrons. The van der Waals surface area contributed by atoms with E-state index in [0.29, 0.717) is 11.4 Å². The molecular formula is C12H13N3O3. The van der Waals surface area contributed by atoms with Gasteiger partial charge in [0.1, 0.15) is 17.2 Å². The second-order valence-electron chi connectivity index (χ2n) is 3.63. The van der Waals surface area contributed by atoms with Crippen molar-refractivity contribution in [3.05, 3.63) is 46.4 Å². The van der Waals surface area contributed by atoms with Crippen LogP contribution in [-0.2, 0) is 6.54 Å². The summed E-state index contributed by atoms with van der Waals surface area (Å²) in [5.41, 5.74) is 5.86. The minimum Gasteiger partial charge on any atom is -0.506 e. The van der Waals surface area contributed by atoms with E-state index in [9.17, 15) is 9.90 Å². The predicted octanol–water partition coefficient (Wildman–Crippen LogP) is 0.405. The zero-order valence-electron chi connectivity index (χ0n) is 9.83. The van der Waals surface area contributed by atoms with E-state index in [1.165, 1.54) is 4.68 Å². The Morgan fingerprint density at radius 1 is 1.39 bits per heavy atom. The number of ether oxygens (including phenoxy) is 1. The molecule has 0 unspecified atom stereocenters. The van der Waals surface area contributed by atoms with Crippen molar-refractivity contribution in [3.63, 3.8) is 0 Å². The third-order valence-electron chi connectivity index (χ3n) is 2.50. The Hall–Kier alpha value is -2.34. The third kappa shape index (κ3) is 2.18. The quantitative estimate of drug-likeness (QED) is 0.819. The summed E-state index contributed by atoms with van der Waals surface area (Å²) >= 11 is 0. The number of aromatic nitrogens is 2. The molecule has 6 heteroatoms. The summed E-state index contributed by atoms with van der Waals surface area (Å²) < 4.78 is 6.21. The first-order valence-corrected chi connectivity index (χ1v) is 5.32. The molecule has 0 fully saturated rings. The number of methoxy groups -OCH3 is 1. The summed E-state index contributed by atoms with van der Waals surface area (Å²) in [5.74, 6) is 0.497. The topological polar surface area (TPSA) is 90.4 Å². The fraction of sp³-hybridized carbons (Fsp3) is 0.167. The van der Waals surface area contributed by atoms with Gasteiger partial charge in [0.2, 0.25) is 0 Å². The van der Waals surface area contributed by atoms with Crippen LogP contribution >= 0.6 is 0 Å². The average Bonchev–Trinajstić information content (AvgIpc) is 2.39. The van der Waals surface area contributed by atoms with E-state index in [0.717, 1.165) is 6.07 Å². The van der Waals surface area contributed by atoms with Crippen LogP contribution < -0.4 is 16.0 Å². The van der Waals surface area contributed by atoms with Crippen LogP contribution in [0.25, 0.3) is 5.69 Å². The van der Waals surface area contributed by atoms with E-state index in [-0.39, 0.29) is 18.0 Å². The number of benzene rings is 1. The minimum absolute atomic E-state index is 0.0578. The number of aromatic hydroxyl groups is 1. The molecule has 1 aromatic carbocycles. The van der Waals surface area contributed by atoms with E-state index in [1.807, 2.05) is 0 Å². The smallest absolute Gasteiger partial charge is 0.275 e. The van der Waals surface area contributed by atoms with Gasteiger partial charge in [0.15, 0.2) is 0 Å². The molecule has 0 spiro atoms. The van der Waals surface area contributed by atoms with Crippen LogP contribution in [0.3, 0.4) is 0 Å². The lowest BCUT2D eigenvalue weighted by atomic mass is 10.3. The predicted molar refractivity (Wildman–Crippen MR) is 65.9 cm³/mol. The molecule has 0 radical (unpaired) electrons. The molecule has 0 aliphatic carbocycles.